The summed E-state index contributed by atoms with van der Waals surface area (Å²) < 4.78 is 2.98. The predicted molar refractivity (Wildman–Crippen MR) is 101 cm³/mol. The van der Waals surface area contributed by atoms with Gasteiger partial charge in [-0.1, -0.05) is 35.2 Å². The first-order chi connectivity index (χ1) is 12.2. The number of nitriles is 1. The van der Waals surface area contributed by atoms with E-state index in [4.69, 9.17) is 5.26 Å². The molecule has 5 nitrogen and oxygen atoms in total. The molecule has 0 atom stereocenters. The number of nitrogens with one attached hydrogen (secondary N) is 1. The summed E-state index contributed by atoms with van der Waals surface area (Å²) in [6.45, 7) is 1.88. The van der Waals surface area contributed by atoms with Gasteiger partial charge in [0.05, 0.1) is 28.1 Å². The number of nitrogens with zero attached hydrogens (tertiary/aromatic N) is 3. The van der Waals surface area contributed by atoms with Crippen molar-refractivity contribution >= 4 is 34.1 Å². The topological polar surface area (TPSA) is 70.7 Å². The van der Waals surface area contributed by atoms with E-state index in [0.717, 1.165) is 21.2 Å². The van der Waals surface area contributed by atoms with Gasteiger partial charge in [-0.3, -0.25) is 4.79 Å². The van der Waals surface area contributed by atoms with Gasteiger partial charge in [-0.2, -0.15) is 5.26 Å². The van der Waals surface area contributed by atoms with Crippen LogP contribution in [-0.2, 0) is 11.2 Å². The Morgan fingerprint density at radius 2 is 2.04 bits per heavy atom. The molecular formula is C18H16N4OS2. The monoisotopic (exact) mass is 368 g/mol. The van der Waals surface area contributed by atoms with Gasteiger partial charge in [0.1, 0.15) is 0 Å². The number of rotatable bonds is 6. The molecule has 3 rings (SSSR count). The number of carbonyl (C=O) groups is 1. The van der Waals surface area contributed by atoms with Crippen molar-refractivity contribution in [3.8, 4) is 11.8 Å². The smallest absolute Gasteiger partial charge is 0.230 e. The SMILES string of the molecule is Cc1nc(NC(=O)Cc2ccc(-n3cccc3)cc2)sc1SCC#N. The maximum Gasteiger partial charge on any atom is 0.230 e. The normalized spacial score (nSPS) is 10.4. The average molecular weight is 368 g/mol. The minimum Gasteiger partial charge on any atom is -0.324 e. The maximum absolute atomic E-state index is 12.2. The first-order valence-corrected chi connectivity index (χ1v) is 9.45. The second-order valence-electron chi connectivity index (χ2n) is 5.32. The minimum atomic E-state index is -0.0979. The third kappa shape index (κ3) is 4.50. The first-order valence-electron chi connectivity index (χ1n) is 7.65. The van der Waals surface area contributed by atoms with E-state index in [2.05, 4.69) is 16.4 Å². The van der Waals surface area contributed by atoms with Gasteiger partial charge < -0.3 is 9.88 Å². The van der Waals surface area contributed by atoms with Crippen LogP contribution >= 0.6 is 23.1 Å². The lowest BCUT2D eigenvalue weighted by Gasteiger charge is -2.05. The number of thioether (sulfide) groups is 1. The van der Waals surface area contributed by atoms with E-state index in [9.17, 15) is 4.79 Å². The van der Waals surface area contributed by atoms with Crippen LogP contribution in [0.1, 0.15) is 11.3 Å². The molecular weight excluding hydrogens is 352 g/mol. The van der Waals surface area contributed by atoms with Gasteiger partial charge in [0.15, 0.2) is 5.13 Å². The lowest BCUT2D eigenvalue weighted by molar-refractivity contribution is -0.115. The number of thiazole rings is 1. The van der Waals surface area contributed by atoms with Gasteiger partial charge in [0.2, 0.25) is 5.91 Å². The molecule has 126 valence electrons. The van der Waals surface area contributed by atoms with Crippen LogP contribution in [0.15, 0.2) is 53.0 Å². The highest BCUT2D eigenvalue weighted by molar-refractivity contribution is 8.01. The zero-order valence-corrected chi connectivity index (χ0v) is 15.2. The lowest BCUT2D eigenvalue weighted by atomic mass is 10.1. The van der Waals surface area contributed by atoms with E-state index in [-0.39, 0.29) is 5.91 Å². The van der Waals surface area contributed by atoms with Crippen LogP contribution in [0.4, 0.5) is 5.13 Å². The molecule has 2 heterocycles. The summed E-state index contributed by atoms with van der Waals surface area (Å²) in [4.78, 5) is 16.6. The Morgan fingerprint density at radius 1 is 1.32 bits per heavy atom. The van der Waals surface area contributed by atoms with E-state index in [1.807, 2.05) is 60.3 Å². The Kier molecular flexibility index (Phi) is 5.53. The van der Waals surface area contributed by atoms with Crippen molar-refractivity contribution in [3.05, 3.63) is 60.0 Å². The summed E-state index contributed by atoms with van der Waals surface area (Å²) in [6.07, 6.45) is 4.26. The molecule has 1 N–H and O–H groups in total. The fourth-order valence-electron chi connectivity index (χ4n) is 2.31. The van der Waals surface area contributed by atoms with E-state index in [0.29, 0.717) is 17.3 Å². The Morgan fingerprint density at radius 3 is 2.72 bits per heavy atom. The van der Waals surface area contributed by atoms with Crippen molar-refractivity contribution in [3.63, 3.8) is 0 Å². The molecule has 0 aliphatic rings. The van der Waals surface area contributed by atoms with Gasteiger partial charge >= 0.3 is 0 Å². The van der Waals surface area contributed by atoms with Crippen LogP contribution in [0.2, 0.25) is 0 Å². The van der Waals surface area contributed by atoms with Crippen molar-refractivity contribution in [2.45, 2.75) is 17.6 Å². The average Bonchev–Trinajstić information content (AvgIpc) is 3.24. The van der Waals surface area contributed by atoms with Crippen LogP contribution in [-0.4, -0.2) is 21.2 Å². The number of hydrogen-bond acceptors (Lipinski definition) is 5. The standard InChI is InChI=1S/C18H16N4OS2/c1-13-17(24-11-8-19)25-18(20-13)21-16(23)12-14-4-6-15(7-5-14)22-9-2-3-10-22/h2-7,9-10H,11-12H2,1H3,(H,20,21,23). The van der Waals surface area contributed by atoms with Crippen LogP contribution in [0.5, 0.6) is 0 Å². The highest BCUT2D eigenvalue weighted by atomic mass is 32.2. The van der Waals surface area contributed by atoms with Crippen LogP contribution in [0, 0.1) is 18.3 Å². The molecule has 0 aliphatic carbocycles. The Hall–Kier alpha value is -2.56. The zero-order chi connectivity index (χ0) is 17.6. The minimum absolute atomic E-state index is 0.0979. The second-order valence-corrected chi connectivity index (χ2v) is 7.56. The summed E-state index contributed by atoms with van der Waals surface area (Å²) in [6, 6.07) is 13.9. The number of carbonyl (C=O) groups excluding carboxylic acids is 1. The predicted octanol–water partition coefficient (Wildman–Crippen LogP) is 4.04. The highest BCUT2D eigenvalue weighted by Crippen LogP contribution is 2.31. The molecule has 1 amide bonds. The van der Waals surface area contributed by atoms with Gasteiger partial charge in [-0.15, -0.1) is 0 Å². The van der Waals surface area contributed by atoms with Crippen LogP contribution < -0.4 is 5.32 Å². The van der Waals surface area contributed by atoms with Crippen molar-refractivity contribution in [1.29, 1.82) is 5.26 Å². The number of anilines is 1. The molecule has 0 saturated heterocycles. The molecule has 0 bridgehead atoms. The largest absolute Gasteiger partial charge is 0.324 e. The van der Waals surface area contributed by atoms with Gasteiger partial charge in [-0.25, -0.2) is 4.98 Å². The second kappa shape index (κ2) is 8.01. The Balaban J connectivity index is 1.60. The van der Waals surface area contributed by atoms with Crippen molar-refractivity contribution in [2.75, 3.05) is 11.1 Å². The molecule has 7 heteroatoms. The number of benzene rings is 1. The molecule has 1 aromatic carbocycles. The van der Waals surface area contributed by atoms with Gasteiger partial charge in [0.25, 0.3) is 0 Å². The van der Waals surface area contributed by atoms with Gasteiger partial charge in [-0.05, 0) is 36.8 Å². The molecule has 0 saturated carbocycles. The number of aromatic nitrogens is 2. The molecule has 2 aromatic heterocycles. The number of hydrogen-bond donors (Lipinski definition) is 1. The third-order valence-corrected chi connectivity index (χ3v) is 5.77. The lowest BCUT2D eigenvalue weighted by Crippen LogP contribution is -2.14. The van der Waals surface area contributed by atoms with E-state index in [1.165, 1.54) is 23.1 Å². The summed E-state index contributed by atoms with van der Waals surface area (Å²) >= 11 is 2.84. The summed E-state index contributed by atoms with van der Waals surface area (Å²) in [5.41, 5.74) is 2.85. The maximum atomic E-state index is 12.2. The first kappa shape index (κ1) is 17.3. The summed E-state index contributed by atoms with van der Waals surface area (Å²) in [5.74, 6) is 0.281. The molecule has 0 radical (unpaired) electrons. The Bertz CT molecular complexity index is 892. The zero-order valence-electron chi connectivity index (χ0n) is 13.6. The van der Waals surface area contributed by atoms with E-state index < -0.39 is 0 Å². The van der Waals surface area contributed by atoms with Crippen molar-refractivity contribution in [1.82, 2.24) is 9.55 Å². The summed E-state index contributed by atoms with van der Waals surface area (Å²) in [5, 5.41) is 12.1. The number of aryl methyl sites for hydroxylation is 1. The fraction of sp³-hybridized carbons (Fsp3) is 0.167. The van der Waals surface area contributed by atoms with Gasteiger partial charge in [0, 0.05) is 18.1 Å². The quantitative estimate of drug-likeness (QED) is 0.667. The molecule has 0 fully saturated rings. The van der Waals surface area contributed by atoms with Crippen molar-refractivity contribution < 1.29 is 4.79 Å². The molecule has 0 unspecified atom stereocenters. The van der Waals surface area contributed by atoms with Crippen molar-refractivity contribution in [2.24, 2.45) is 0 Å². The third-order valence-electron chi connectivity index (χ3n) is 3.47. The molecule has 3 aromatic rings. The van der Waals surface area contributed by atoms with Crippen LogP contribution in [0.3, 0.4) is 0 Å². The fourth-order valence-corrected chi connectivity index (χ4v) is 4.12. The summed E-state index contributed by atoms with van der Waals surface area (Å²) in [7, 11) is 0. The van der Waals surface area contributed by atoms with Crippen LogP contribution in [0.25, 0.3) is 5.69 Å². The Labute approximate surface area is 154 Å². The highest BCUT2D eigenvalue weighted by Gasteiger charge is 2.11. The molecule has 25 heavy (non-hydrogen) atoms. The molecule has 0 aliphatic heterocycles. The number of amides is 1. The molecule has 0 spiro atoms. The van der Waals surface area contributed by atoms with E-state index >= 15 is 0 Å². The van der Waals surface area contributed by atoms with E-state index in [1.54, 1.807) is 0 Å².